The zero-order valence-electron chi connectivity index (χ0n) is 11.3. The van der Waals surface area contributed by atoms with E-state index in [2.05, 4.69) is 18.7 Å². The van der Waals surface area contributed by atoms with E-state index >= 15 is 0 Å². The number of benzene rings is 1. The van der Waals surface area contributed by atoms with Gasteiger partial charge in [-0.3, -0.25) is 0 Å². The van der Waals surface area contributed by atoms with Gasteiger partial charge >= 0.3 is 0 Å². The first-order valence-electron chi connectivity index (χ1n) is 6.22. The van der Waals surface area contributed by atoms with Crippen LogP contribution in [0.2, 0.25) is 0 Å². The average molecular weight is 270 g/mol. The first-order chi connectivity index (χ1) is 8.42. The van der Waals surface area contributed by atoms with Gasteiger partial charge in [-0.25, -0.2) is 8.42 Å². The van der Waals surface area contributed by atoms with E-state index in [1.165, 1.54) is 0 Å². The zero-order chi connectivity index (χ0) is 13.8. The fourth-order valence-corrected chi connectivity index (χ4v) is 2.72. The zero-order valence-corrected chi connectivity index (χ0v) is 12.1. The summed E-state index contributed by atoms with van der Waals surface area (Å²) in [4.78, 5) is 2.53. The predicted octanol–water partition coefficient (Wildman–Crippen LogP) is 1.65. The number of rotatable bonds is 6. The van der Waals surface area contributed by atoms with E-state index in [1.807, 2.05) is 12.1 Å². The Balaban J connectivity index is 3.01. The maximum atomic E-state index is 11.7. The number of sulfone groups is 1. The van der Waals surface area contributed by atoms with Crippen LogP contribution in [0.3, 0.4) is 0 Å². The quantitative estimate of drug-likeness (QED) is 0.854. The van der Waals surface area contributed by atoms with E-state index in [1.54, 1.807) is 19.1 Å². The Morgan fingerprint density at radius 2 is 1.78 bits per heavy atom. The van der Waals surface area contributed by atoms with Gasteiger partial charge in [0.15, 0.2) is 9.84 Å². The van der Waals surface area contributed by atoms with Crippen LogP contribution in [0.1, 0.15) is 20.8 Å². The second-order valence-corrected chi connectivity index (χ2v) is 6.75. The number of nitrogens with two attached hydrogens (primary N) is 1. The highest BCUT2D eigenvalue weighted by molar-refractivity contribution is 7.91. The van der Waals surface area contributed by atoms with Crippen molar-refractivity contribution in [2.24, 2.45) is 5.73 Å². The third-order valence-electron chi connectivity index (χ3n) is 2.90. The fraction of sp³-hybridized carbons (Fsp3) is 0.538. The Hall–Kier alpha value is -1.07. The second kappa shape index (κ2) is 6.20. The summed E-state index contributed by atoms with van der Waals surface area (Å²) in [6.07, 6.45) is 0. The Kier molecular flexibility index (Phi) is 5.16. The molecule has 0 heterocycles. The minimum atomic E-state index is -3.12. The lowest BCUT2D eigenvalue weighted by Crippen LogP contribution is -2.35. The number of anilines is 1. The molecule has 0 saturated carbocycles. The Bertz CT molecular complexity index is 466. The van der Waals surface area contributed by atoms with E-state index in [0.717, 1.165) is 12.2 Å². The molecule has 0 unspecified atom stereocenters. The summed E-state index contributed by atoms with van der Waals surface area (Å²) in [7, 11) is -3.12. The van der Waals surface area contributed by atoms with E-state index in [-0.39, 0.29) is 5.75 Å². The molecule has 0 aromatic heterocycles. The summed E-state index contributed by atoms with van der Waals surface area (Å²) in [5, 5.41) is 0. The molecule has 0 fully saturated rings. The minimum Gasteiger partial charge on any atom is -0.368 e. The predicted molar refractivity (Wildman–Crippen MR) is 75.7 cm³/mol. The van der Waals surface area contributed by atoms with Crippen molar-refractivity contribution in [1.29, 1.82) is 0 Å². The summed E-state index contributed by atoms with van der Waals surface area (Å²) in [5.41, 5.74) is 6.59. The van der Waals surface area contributed by atoms with Crippen LogP contribution >= 0.6 is 0 Å². The highest BCUT2D eigenvalue weighted by Gasteiger charge is 2.13. The lowest BCUT2D eigenvalue weighted by atomic mass is 10.2. The first kappa shape index (κ1) is 15.0. The number of hydrogen-bond donors (Lipinski definition) is 1. The van der Waals surface area contributed by atoms with Crippen molar-refractivity contribution in [3.05, 3.63) is 24.3 Å². The summed E-state index contributed by atoms with van der Waals surface area (Å²) in [6, 6.07) is 7.36. The van der Waals surface area contributed by atoms with Gasteiger partial charge in [0.2, 0.25) is 0 Å². The van der Waals surface area contributed by atoms with Crippen molar-refractivity contribution in [2.45, 2.75) is 31.7 Å². The van der Waals surface area contributed by atoms with Gasteiger partial charge < -0.3 is 10.6 Å². The summed E-state index contributed by atoms with van der Waals surface area (Å²) in [5.74, 6) is 0.128. The molecule has 0 amide bonds. The van der Waals surface area contributed by atoms with Crippen molar-refractivity contribution in [3.8, 4) is 0 Å². The smallest absolute Gasteiger partial charge is 0.178 e. The van der Waals surface area contributed by atoms with E-state index in [4.69, 9.17) is 5.73 Å². The molecule has 0 atom stereocenters. The molecule has 2 N–H and O–H groups in total. The molecule has 1 rings (SSSR count). The lowest BCUT2D eigenvalue weighted by molar-refractivity contribution is 0.597. The number of hydrogen-bond acceptors (Lipinski definition) is 4. The van der Waals surface area contributed by atoms with Crippen molar-refractivity contribution in [1.82, 2.24) is 0 Å². The van der Waals surface area contributed by atoms with Crippen LogP contribution < -0.4 is 10.6 Å². The van der Waals surface area contributed by atoms with Gasteiger partial charge in [-0.1, -0.05) is 6.92 Å². The molecule has 0 aliphatic heterocycles. The minimum absolute atomic E-state index is 0.128. The van der Waals surface area contributed by atoms with Crippen molar-refractivity contribution >= 4 is 15.5 Å². The van der Waals surface area contributed by atoms with Crippen molar-refractivity contribution < 1.29 is 8.42 Å². The summed E-state index contributed by atoms with van der Waals surface area (Å²) in [6.45, 7) is 7.17. The van der Waals surface area contributed by atoms with Crippen LogP contribution in [0.25, 0.3) is 0 Å². The maximum absolute atomic E-state index is 11.7. The molecule has 1 aromatic rings. The highest BCUT2D eigenvalue weighted by atomic mass is 32.2. The average Bonchev–Trinajstić information content (AvgIpc) is 2.36. The van der Waals surface area contributed by atoms with E-state index in [9.17, 15) is 8.42 Å². The molecule has 18 heavy (non-hydrogen) atoms. The largest absolute Gasteiger partial charge is 0.368 e. The van der Waals surface area contributed by atoms with Gasteiger partial charge in [-0.05, 0) is 38.1 Å². The Labute approximate surface area is 110 Å². The summed E-state index contributed by atoms with van der Waals surface area (Å²) >= 11 is 0. The second-order valence-electron chi connectivity index (χ2n) is 4.47. The molecule has 0 aliphatic rings. The monoisotopic (exact) mass is 270 g/mol. The topological polar surface area (TPSA) is 63.4 Å². The van der Waals surface area contributed by atoms with E-state index < -0.39 is 9.84 Å². The molecule has 1 aromatic carbocycles. The molecule has 0 saturated heterocycles. The van der Waals surface area contributed by atoms with Crippen LogP contribution in [-0.4, -0.2) is 33.3 Å². The summed E-state index contributed by atoms with van der Waals surface area (Å²) < 4.78 is 23.4. The van der Waals surface area contributed by atoms with E-state index in [0.29, 0.717) is 17.5 Å². The normalized spacial score (nSPS) is 11.8. The number of nitrogens with zero attached hydrogens (tertiary/aromatic N) is 1. The molecule has 0 bridgehead atoms. The third kappa shape index (κ3) is 3.46. The van der Waals surface area contributed by atoms with Crippen molar-refractivity contribution in [3.63, 3.8) is 0 Å². The molecule has 102 valence electrons. The molecule has 0 spiro atoms. The van der Waals surface area contributed by atoms with Crippen LogP contribution in [0.4, 0.5) is 5.69 Å². The molecular weight excluding hydrogens is 248 g/mol. The fourth-order valence-electron chi connectivity index (χ4n) is 1.84. The van der Waals surface area contributed by atoms with Crippen LogP contribution in [-0.2, 0) is 9.84 Å². The van der Waals surface area contributed by atoms with Gasteiger partial charge in [0, 0.05) is 24.8 Å². The first-order valence-corrected chi connectivity index (χ1v) is 7.87. The molecule has 0 aliphatic carbocycles. The maximum Gasteiger partial charge on any atom is 0.178 e. The Morgan fingerprint density at radius 3 is 2.17 bits per heavy atom. The standard InChI is InChI=1S/C13H22N2O2S/c1-4-18(16,17)13-7-5-12(6-8-13)15(10-9-14)11(2)3/h5-8,11H,4,9-10,14H2,1-3H3. The Morgan fingerprint density at radius 1 is 1.22 bits per heavy atom. The highest BCUT2D eigenvalue weighted by Crippen LogP contribution is 2.20. The van der Waals surface area contributed by atoms with Crippen LogP contribution in [0.15, 0.2) is 29.2 Å². The molecule has 4 nitrogen and oxygen atoms in total. The third-order valence-corrected chi connectivity index (χ3v) is 4.65. The van der Waals surface area contributed by atoms with Gasteiger partial charge in [0.25, 0.3) is 0 Å². The van der Waals surface area contributed by atoms with Gasteiger partial charge in [-0.2, -0.15) is 0 Å². The van der Waals surface area contributed by atoms with Crippen LogP contribution in [0, 0.1) is 0 Å². The van der Waals surface area contributed by atoms with Crippen LogP contribution in [0.5, 0.6) is 0 Å². The molecule has 5 heteroatoms. The van der Waals surface area contributed by atoms with Gasteiger partial charge in [-0.15, -0.1) is 0 Å². The van der Waals surface area contributed by atoms with Gasteiger partial charge in [0.05, 0.1) is 10.6 Å². The lowest BCUT2D eigenvalue weighted by Gasteiger charge is -2.28. The SMILES string of the molecule is CCS(=O)(=O)c1ccc(N(CCN)C(C)C)cc1. The molecular formula is C13H22N2O2S. The van der Waals surface area contributed by atoms with Crippen molar-refractivity contribution in [2.75, 3.05) is 23.7 Å². The molecule has 0 radical (unpaired) electrons. The van der Waals surface area contributed by atoms with Gasteiger partial charge in [0.1, 0.15) is 0 Å².